The first-order chi connectivity index (χ1) is 18.9. The molecule has 3 N–H and O–H groups in total. The molecule has 2 aromatic heterocycles. The standard InChI is InChI=1S/C29H32N6O4/c1-4-38-26-12-10-25(11-13-26)35-20(2)14-23(21(35)3)16-32-34-28(36)27(15-24-17-30-19-31-24)33-29(37)39-18-22-8-6-5-7-9-22/h5-14,16-17,19,27H,4,15,18H2,1-3H3,(H,30,31)(H,33,37)(H,34,36)/b32-16-/t27-/m1/s1. The molecule has 0 unspecified atom stereocenters. The summed E-state index contributed by atoms with van der Waals surface area (Å²) in [4.78, 5) is 32.4. The molecule has 0 aliphatic carbocycles. The van der Waals surface area contributed by atoms with Crippen LogP contribution in [-0.2, 0) is 22.6 Å². The molecule has 0 saturated heterocycles. The number of hydrazone groups is 1. The van der Waals surface area contributed by atoms with Crippen molar-refractivity contribution in [2.45, 2.75) is 39.8 Å². The van der Waals surface area contributed by atoms with E-state index in [1.807, 2.05) is 81.4 Å². The van der Waals surface area contributed by atoms with Crippen molar-refractivity contribution in [2.24, 2.45) is 5.10 Å². The van der Waals surface area contributed by atoms with Crippen LogP contribution < -0.4 is 15.5 Å². The Morgan fingerprint density at radius 1 is 1.13 bits per heavy atom. The van der Waals surface area contributed by atoms with Gasteiger partial charge in [0, 0.05) is 41.0 Å². The zero-order chi connectivity index (χ0) is 27.6. The number of carbonyl (C=O) groups is 2. The maximum absolute atomic E-state index is 13.0. The fourth-order valence-corrected chi connectivity index (χ4v) is 4.15. The van der Waals surface area contributed by atoms with Gasteiger partial charge in [-0.2, -0.15) is 5.10 Å². The Morgan fingerprint density at radius 3 is 2.59 bits per heavy atom. The molecule has 10 nitrogen and oxygen atoms in total. The van der Waals surface area contributed by atoms with Gasteiger partial charge in [0.1, 0.15) is 18.4 Å². The van der Waals surface area contributed by atoms with Crippen LogP contribution in [0.1, 0.15) is 35.1 Å². The van der Waals surface area contributed by atoms with E-state index >= 15 is 0 Å². The van der Waals surface area contributed by atoms with E-state index in [1.165, 1.54) is 6.33 Å². The topological polar surface area (TPSA) is 123 Å². The van der Waals surface area contributed by atoms with Gasteiger partial charge in [0.25, 0.3) is 5.91 Å². The largest absolute Gasteiger partial charge is 0.494 e. The van der Waals surface area contributed by atoms with Gasteiger partial charge in [0.05, 0.1) is 19.1 Å². The highest BCUT2D eigenvalue weighted by Gasteiger charge is 2.22. The van der Waals surface area contributed by atoms with E-state index in [9.17, 15) is 9.59 Å². The van der Waals surface area contributed by atoms with E-state index in [1.54, 1.807) is 12.4 Å². The van der Waals surface area contributed by atoms with Crippen molar-refractivity contribution in [3.05, 3.63) is 101 Å². The van der Waals surface area contributed by atoms with Gasteiger partial charge in [-0.05, 0) is 56.7 Å². The van der Waals surface area contributed by atoms with E-state index in [0.29, 0.717) is 12.3 Å². The van der Waals surface area contributed by atoms with Crippen molar-refractivity contribution < 1.29 is 19.1 Å². The summed E-state index contributed by atoms with van der Waals surface area (Å²) in [5, 5.41) is 6.79. The van der Waals surface area contributed by atoms with E-state index in [2.05, 4.69) is 30.4 Å². The molecule has 4 aromatic rings. The van der Waals surface area contributed by atoms with Crippen LogP contribution in [0.15, 0.2) is 78.3 Å². The van der Waals surface area contributed by atoms with Crippen LogP contribution in [0.2, 0.25) is 0 Å². The molecule has 0 fully saturated rings. The number of rotatable bonds is 11. The van der Waals surface area contributed by atoms with Crippen molar-refractivity contribution in [1.29, 1.82) is 0 Å². The summed E-state index contributed by atoms with van der Waals surface area (Å²) < 4.78 is 12.9. The number of H-pyrrole nitrogens is 1. The molecule has 0 bridgehead atoms. The maximum atomic E-state index is 13.0. The first kappa shape index (κ1) is 27.2. The fraction of sp³-hybridized carbons (Fsp3) is 0.241. The maximum Gasteiger partial charge on any atom is 0.408 e. The smallest absolute Gasteiger partial charge is 0.408 e. The summed E-state index contributed by atoms with van der Waals surface area (Å²) in [5.41, 5.74) is 7.89. The minimum atomic E-state index is -0.929. The first-order valence-electron chi connectivity index (χ1n) is 12.6. The van der Waals surface area contributed by atoms with E-state index in [-0.39, 0.29) is 13.0 Å². The predicted octanol–water partition coefficient (Wildman–Crippen LogP) is 4.20. The van der Waals surface area contributed by atoms with Gasteiger partial charge in [-0.3, -0.25) is 4.79 Å². The van der Waals surface area contributed by atoms with E-state index in [0.717, 1.165) is 34.0 Å². The summed E-state index contributed by atoms with van der Waals surface area (Å²) >= 11 is 0. The third-order valence-electron chi connectivity index (χ3n) is 6.05. The van der Waals surface area contributed by atoms with Crippen molar-refractivity contribution in [2.75, 3.05) is 6.61 Å². The number of alkyl carbamates (subject to hydrolysis) is 1. The van der Waals surface area contributed by atoms with Gasteiger partial charge >= 0.3 is 6.09 Å². The van der Waals surface area contributed by atoms with Crippen LogP contribution >= 0.6 is 0 Å². The minimum absolute atomic E-state index is 0.0905. The quantitative estimate of drug-likeness (QED) is 0.199. The molecule has 0 spiro atoms. The number of amides is 2. The molecule has 0 saturated carbocycles. The van der Waals surface area contributed by atoms with Gasteiger partial charge in [-0.25, -0.2) is 15.2 Å². The Labute approximate surface area is 227 Å². The lowest BCUT2D eigenvalue weighted by molar-refractivity contribution is -0.123. The molecular weight excluding hydrogens is 496 g/mol. The summed E-state index contributed by atoms with van der Waals surface area (Å²) in [7, 11) is 0. The second-order valence-electron chi connectivity index (χ2n) is 8.86. The average molecular weight is 529 g/mol. The van der Waals surface area contributed by atoms with Crippen LogP contribution in [-0.4, -0.2) is 45.4 Å². The molecule has 2 aromatic carbocycles. The molecule has 39 heavy (non-hydrogen) atoms. The van der Waals surface area contributed by atoms with Crippen LogP contribution in [0.3, 0.4) is 0 Å². The fourth-order valence-electron chi connectivity index (χ4n) is 4.15. The molecule has 10 heteroatoms. The van der Waals surface area contributed by atoms with Crippen molar-refractivity contribution in [3.8, 4) is 11.4 Å². The number of benzene rings is 2. The zero-order valence-corrected chi connectivity index (χ0v) is 22.2. The highest BCUT2D eigenvalue weighted by atomic mass is 16.5. The molecule has 0 radical (unpaired) electrons. The summed E-state index contributed by atoms with van der Waals surface area (Å²) in [6.45, 7) is 6.64. The van der Waals surface area contributed by atoms with Crippen LogP contribution in [0.5, 0.6) is 5.75 Å². The molecule has 0 aliphatic rings. The molecule has 4 rings (SSSR count). The summed E-state index contributed by atoms with van der Waals surface area (Å²) in [5.74, 6) is 0.327. The van der Waals surface area contributed by atoms with Gasteiger partial charge in [-0.15, -0.1) is 0 Å². The monoisotopic (exact) mass is 528 g/mol. The Bertz CT molecular complexity index is 1400. The first-order valence-corrected chi connectivity index (χ1v) is 12.6. The van der Waals surface area contributed by atoms with Crippen molar-refractivity contribution in [3.63, 3.8) is 0 Å². The normalized spacial score (nSPS) is 11.8. The number of carbonyl (C=O) groups excluding carboxylic acids is 2. The Morgan fingerprint density at radius 2 is 1.90 bits per heavy atom. The number of hydrogen-bond acceptors (Lipinski definition) is 6. The van der Waals surface area contributed by atoms with Crippen LogP contribution in [0, 0.1) is 13.8 Å². The zero-order valence-electron chi connectivity index (χ0n) is 22.2. The number of aromatic amines is 1. The molecule has 202 valence electrons. The van der Waals surface area contributed by atoms with Crippen molar-refractivity contribution in [1.82, 2.24) is 25.3 Å². The Kier molecular flexibility index (Phi) is 9.12. The number of aromatic nitrogens is 3. The number of nitrogens with zero attached hydrogens (tertiary/aromatic N) is 3. The van der Waals surface area contributed by atoms with E-state index < -0.39 is 18.0 Å². The van der Waals surface area contributed by atoms with Gasteiger partial charge in [-0.1, -0.05) is 30.3 Å². The molecule has 0 aliphatic heterocycles. The number of imidazole rings is 1. The lowest BCUT2D eigenvalue weighted by Gasteiger charge is -2.16. The highest BCUT2D eigenvalue weighted by Crippen LogP contribution is 2.22. The van der Waals surface area contributed by atoms with Gasteiger partial charge in [0.15, 0.2) is 0 Å². The minimum Gasteiger partial charge on any atom is -0.494 e. The second kappa shape index (κ2) is 13.1. The van der Waals surface area contributed by atoms with Crippen LogP contribution in [0.4, 0.5) is 4.79 Å². The molecule has 2 heterocycles. The SMILES string of the molecule is CCOc1ccc(-n2c(C)cc(/C=N\NC(=O)[C@@H](Cc3cnc[nH]3)NC(=O)OCc3ccccc3)c2C)cc1. The number of aryl methyl sites for hydroxylation is 1. The second-order valence-corrected chi connectivity index (χ2v) is 8.86. The number of hydrogen-bond donors (Lipinski definition) is 3. The van der Waals surface area contributed by atoms with E-state index in [4.69, 9.17) is 9.47 Å². The Hall–Kier alpha value is -4.86. The summed E-state index contributed by atoms with van der Waals surface area (Å²) in [6, 6.07) is 18.2. The molecule has 1 atom stereocenters. The number of nitrogens with one attached hydrogen (secondary N) is 3. The highest BCUT2D eigenvalue weighted by molar-refractivity contribution is 5.88. The third kappa shape index (κ3) is 7.35. The average Bonchev–Trinajstić information content (AvgIpc) is 3.55. The lowest BCUT2D eigenvalue weighted by atomic mass is 10.1. The van der Waals surface area contributed by atoms with Crippen LogP contribution in [0.25, 0.3) is 5.69 Å². The van der Waals surface area contributed by atoms with Gasteiger partial charge < -0.3 is 24.3 Å². The van der Waals surface area contributed by atoms with Gasteiger partial charge in [0.2, 0.25) is 0 Å². The predicted molar refractivity (Wildman–Crippen MR) is 148 cm³/mol. The molecular formula is C29H32N6O4. The lowest BCUT2D eigenvalue weighted by Crippen LogP contribution is -2.47. The molecule has 2 amide bonds. The third-order valence-corrected chi connectivity index (χ3v) is 6.05. The van der Waals surface area contributed by atoms with Crippen molar-refractivity contribution >= 4 is 18.2 Å². The number of ether oxygens (including phenoxy) is 2. The summed E-state index contributed by atoms with van der Waals surface area (Å²) in [6.07, 6.45) is 4.17. The Balaban J connectivity index is 1.41.